The van der Waals surface area contributed by atoms with E-state index >= 15 is 0 Å². The summed E-state index contributed by atoms with van der Waals surface area (Å²) in [6.45, 7) is 71.2. The van der Waals surface area contributed by atoms with Gasteiger partial charge in [-0.25, -0.2) is 4.79 Å². The zero-order valence-corrected chi connectivity index (χ0v) is 65.3. The van der Waals surface area contributed by atoms with Crippen molar-refractivity contribution in [1.82, 2.24) is 4.91 Å². The van der Waals surface area contributed by atoms with Crippen molar-refractivity contribution in [1.29, 1.82) is 0 Å². The predicted octanol–water partition coefficient (Wildman–Crippen LogP) is 17.8. The van der Waals surface area contributed by atoms with Crippen LogP contribution in [0.15, 0.2) is 97.1 Å². The number of β-lactam (4-membered cyclic amide) rings is 1. The predicted molar refractivity (Wildman–Crippen MR) is 368 cm³/mol. The Bertz CT molecular complexity index is 2830. The molecule has 454 valence electrons. The molecule has 1 amide bonds. The number of amides is 1. The van der Waals surface area contributed by atoms with Crippen molar-refractivity contribution >= 4 is 94.5 Å². The van der Waals surface area contributed by atoms with E-state index in [-0.39, 0.29) is 28.6 Å². The van der Waals surface area contributed by atoms with E-state index in [1.54, 1.807) is 26.0 Å². The van der Waals surface area contributed by atoms with Crippen LogP contribution < -0.4 is 28.5 Å². The van der Waals surface area contributed by atoms with Crippen LogP contribution in [0.5, 0.6) is 23.0 Å². The number of benzene rings is 4. The van der Waals surface area contributed by atoms with Gasteiger partial charge < -0.3 is 28.4 Å². The number of carbonyl (C=O) groups is 2. The Morgan fingerprint density at radius 3 is 1.44 bits per heavy atom. The fraction of sp³-hybridized carbons (Fsp3) is 0.531. The Kier molecular flexibility index (Phi) is 24.6. The summed E-state index contributed by atoms with van der Waals surface area (Å²) in [5, 5.41) is 3.63. The van der Waals surface area contributed by atoms with Crippen molar-refractivity contribution in [2.24, 2.45) is 0 Å². The molecule has 1 aliphatic heterocycles. The van der Waals surface area contributed by atoms with Crippen LogP contribution in [-0.2, 0) is 14.3 Å². The van der Waals surface area contributed by atoms with E-state index < -0.39 is 83.3 Å². The van der Waals surface area contributed by atoms with E-state index in [1.165, 1.54) is 0 Å². The Labute approximate surface area is 515 Å². The molecule has 0 aliphatic carbocycles. The Morgan fingerprint density at radius 1 is 0.610 bits per heavy atom. The molecule has 11 nitrogen and oxygen atoms in total. The van der Waals surface area contributed by atoms with Crippen molar-refractivity contribution in [3.05, 3.63) is 130 Å². The van der Waals surface area contributed by atoms with Gasteiger partial charge in [0, 0.05) is 29.1 Å². The quantitative estimate of drug-likeness (QED) is 0.0398. The maximum atomic E-state index is 12.7. The Balaban J connectivity index is 0.000000335. The Hall–Kier alpha value is -3.68. The summed E-state index contributed by atoms with van der Waals surface area (Å²) in [5.74, 6) is 2.78. The van der Waals surface area contributed by atoms with E-state index in [1.807, 2.05) is 75.4 Å². The summed E-state index contributed by atoms with van der Waals surface area (Å²) in [5.41, 5.74) is 8.67. The van der Waals surface area contributed by atoms with Crippen LogP contribution in [0, 0.1) is 27.7 Å². The van der Waals surface area contributed by atoms with E-state index in [2.05, 4.69) is 195 Å². The molecule has 0 unspecified atom stereocenters. The van der Waals surface area contributed by atoms with Crippen LogP contribution >= 0.6 is 0 Å². The third-order valence-corrected chi connectivity index (χ3v) is 64.6. The first kappa shape index (κ1) is 72.6. The molecule has 82 heavy (non-hydrogen) atoms. The molecule has 0 bridgehead atoms. The van der Waals surface area contributed by atoms with E-state index in [4.69, 9.17) is 23.1 Å². The second kappa shape index (κ2) is 27.8. The van der Waals surface area contributed by atoms with Crippen LogP contribution in [0.25, 0.3) is 0 Å². The molecule has 1 fully saturated rings. The topological polar surface area (TPSA) is 102 Å². The van der Waals surface area contributed by atoms with E-state index in [0.717, 1.165) is 67.8 Å². The molecule has 0 saturated carbocycles. The van der Waals surface area contributed by atoms with Crippen LogP contribution in [0.1, 0.15) is 93.9 Å². The van der Waals surface area contributed by atoms with Gasteiger partial charge in [0.1, 0.15) is 23.0 Å². The van der Waals surface area contributed by atoms with Crippen molar-refractivity contribution in [2.75, 3.05) is 31.0 Å². The van der Waals surface area contributed by atoms with Crippen LogP contribution in [0.3, 0.4) is 0 Å². The molecular formula is C64H108N4O7Si6Sn. The van der Waals surface area contributed by atoms with Crippen molar-refractivity contribution < 1.29 is 32.7 Å². The number of rotatable bonds is 20. The van der Waals surface area contributed by atoms with Crippen LogP contribution in [0.4, 0.5) is 11.4 Å². The zero-order valence-electron chi connectivity index (χ0n) is 56.4. The van der Waals surface area contributed by atoms with Gasteiger partial charge in [-0.1, -0.05) is 91.1 Å². The standard InChI is InChI=1S/C27H39NO4Si.C25H33NO3Si.2C6H18NSi2.Sn/c1-11-31-26(29)20(4)25(28-22-15-13-18(2)23(17-22)30-8)21-14-12-19(3)24(16-21)32-33(9,10)27(5,6)7;1-16-11-13-20(15-21(16)28-7)26-23(18(3)24(26)27)19-12-10-17(2)22(14-19)29-30(8,9)25(4,5)6;2*1-8(2,3)7-9(4,5)6;/h12-17,25,28H,4,11H2,1-3,5-10H3;10-15,23H,3H2,1-2,4-9H3;2*1-6H3;/q;;2*-1;+2/t25-;23-;;;/m11.../s1. The normalized spacial score (nSPS) is 14.9. The van der Waals surface area contributed by atoms with E-state index in [0.29, 0.717) is 11.1 Å². The zero-order chi connectivity index (χ0) is 63.3. The number of aryl methyl sites for hydroxylation is 4. The van der Waals surface area contributed by atoms with Gasteiger partial charge in [0.25, 0.3) is 5.91 Å². The molecule has 5 rings (SSSR count). The van der Waals surface area contributed by atoms with Gasteiger partial charge >= 0.3 is 144 Å². The summed E-state index contributed by atoms with van der Waals surface area (Å²) < 4.78 is 35.6. The SMILES string of the molecule is C=C(C(=O)OCC)[C@@H](Nc1ccc(C)c(OC)c1)c1ccc(C)c(O[Si](C)(C)C(C)(C)C)c1.C=C1C(=O)N(c2ccc(C)c(OC)c2)[C@H]1c1ccc(C)c(O[Si](C)(C)C(C)(C)C)c1.C[Si](C)(C)[N]([Sn][N]([Si](C)(C)C)[Si](C)(C)C)[Si](C)(C)C. The first-order valence-electron chi connectivity index (χ1n) is 29.0. The molecule has 2 atom stereocenters. The van der Waals surface area contributed by atoms with Crippen LogP contribution in [-0.4, -0.2) is 109 Å². The summed E-state index contributed by atoms with van der Waals surface area (Å²) in [7, 11) is -5.40. The molecule has 0 spiro atoms. The van der Waals surface area contributed by atoms with Crippen molar-refractivity contribution in [3.63, 3.8) is 0 Å². The van der Waals surface area contributed by atoms with Gasteiger partial charge in [-0.3, -0.25) is 9.69 Å². The van der Waals surface area contributed by atoms with E-state index in [9.17, 15) is 9.59 Å². The Morgan fingerprint density at radius 2 is 1.01 bits per heavy atom. The van der Waals surface area contributed by atoms with Gasteiger partial charge in [-0.15, -0.1) is 0 Å². The maximum absolute atomic E-state index is 12.7. The van der Waals surface area contributed by atoms with Crippen molar-refractivity contribution in [2.45, 2.75) is 203 Å². The van der Waals surface area contributed by atoms with Crippen LogP contribution in [0.2, 0.25) is 115 Å². The van der Waals surface area contributed by atoms with Gasteiger partial charge in [0.2, 0.25) is 16.6 Å². The minimum atomic E-state index is -2.04. The van der Waals surface area contributed by atoms with Gasteiger partial charge in [-0.2, -0.15) is 0 Å². The third-order valence-electron chi connectivity index (χ3n) is 15.7. The molecule has 0 aromatic heterocycles. The first-order chi connectivity index (χ1) is 37.1. The monoisotopic (exact) mass is 1330 g/mol. The number of hydrogen-bond acceptors (Lipinski definition) is 10. The summed E-state index contributed by atoms with van der Waals surface area (Å²) in [6.07, 6.45) is 0. The van der Waals surface area contributed by atoms with Crippen molar-refractivity contribution in [3.8, 4) is 23.0 Å². The molecule has 2 radical (unpaired) electrons. The molecule has 4 aromatic rings. The second-order valence-corrected chi connectivity index (χ2v) is 66.7. The molecule has 4 aromatic carbocycles. The average molecular weight is 1330 g/mol. The summed E-state index contributed by atoms with van der Waals surface area (Å²) in [6, 6.07) is 23.3. The molecule has 1 N–H and O–H groups in total. The molecule has 1 heterocycles. The number of carbonyl (C=O) groups excluding carboxylic acids is 2. The molecule has 1 aliphatic rings. The van der Waals surface area contributed by atoms with Gasteiger partial charge in [0.15, 0.2) is 0 Å². The molecule has 18 heteroatoms. The number of hydrogen-bond donors (Lipinski definition) is 1. The fourth-order valence-corrected chi connectivity index (χ4v) is 44.9. The average Bonchev–Trinajstić information content (AvgIpc) is 3.32. The number of nitrogens with zero attached hydrogens (tertiary/aromatic N) is 3. The number of nitrogens with one attached hydrogen (secondary N) is 1. The number of methoxy groups -OCH3 is 2. The van der Waals surface area contributed by atoms with Gasteiger partial charge in [-0.05, 0) is 129 Å². The minimum absolute atomic E-state index is 0.0571. The third kappa shape index (κ3) is 18.9. The number of anilines is 2. The first-order valence-corrected chi connectivity index (χ1v) is 51.2. The number of ether oxygens (including phenoxy) is 3. The van der Waals surface area contributed by atoms with Gasteiger partial charge in [0.05, 0.1) is 38.5 Å². The summed E-state index contributed by atoms with van der Waals surface area (Å²) >= 11 is -0.599. The summed E-state index contributed by atoms with van der Waals surface area (Å²) in [4.78, 5) is 27.1. The molecular weight excluding hydrogens is 1220 g/mol. The second-order valence-electron chi connectivity index (χ2n) is 29.0. The molecule has 1 saturated heterocycles. The fourth-order valence-electron chi connectivity index (χ4n) is 9.21. The number of esters is 1.